The maximum absolute atomic E-state index is 7.50. The number of rotatable bonds is 5. The first-order chi connectivity index (χ1) is 8.50. The van der Waals surface area contributed by atoms with E-state index in [0.717, 1.165) is 0 Å². The Kier molecular flexibility index (Phi) is 0.586. The molecule has 0 heterocycles. The van der Waals surface area contributed by atoms with Gasteiger partial charge in [-0.3, -0.25) is 0 Å². The minimum absolute atomic E-state index is 0.739. The summed E-state index contributed by atoms with van der Waals surface area (Å²) in [5.41, 5.74) is -0.739. The molecule has 0 fully saturated rings. The lowest BCUT2D eigenvalue weighted by Gasteiger charge is -1.90. The molecule has 0 radical (unpaired) electrons. The fourth-order valence-corrected chi connectivity index (χ4v) is 0.103. The predicted octanol–water partition coefficient (Wildman–Crippen LogP) is 1.53. The van der Waals surface area contributed by atoms with E-state index in [4.69, 9.17) is 17.9 Å². The van der Waals surface area contributed by atoms with Crippen molar-refractivity contribution in [2.75, 3.05) is 6.50 Å². The van der Waals surface area contributed by atoms with E-state index in [9.17, 15) is 0 Å². The molecule has 0 rings (SSSR count). The Bertz CT molecular complexity index is 347. The third kappa shape index (κ3) is 5.96. The zero-order valence-electron chi connectivity index (χ0n) is 16.7. The summed E-state index contributed by atoms with van der Waals surface area (Å²) in [5.74, 6) is 0. The van der Waals surface area contributed by atoms with Crippen molar-refractivity contribution < 1.29 is 17.9 Å². The Labute approximate surface area is 64.3 Å². The highest BCUT2D eigenvalue weighted by atomic mass is 14.5. The van der Waals surface area contributed by atoms with Crippen LogP contribution in [0.2, 0.25) is 2.82 Å². The van der Waals surface area contributed by atoms with E-state index < -0.39 is 44.6 Å². The number of hydrogen-bond acceptors (Lipinski definition) is 1. The molecule has 0 amide bonds. The Morgan fingerprint density at radius 2 is 2.71 bits per heavy atom. The fourth-order valence-electron chi connectivity index (χ4n) is 0.103. The van der Waals surface area contributed by atoms with E-state index in [1.54, 1.807) is 0 Å². The Morgan fingerprint density at radius 1 is 1.71 bits per heavy atom. The van der Waals surface area contributed by atoms with Gasteiger partial charge in [-0.05, 0) is 12.9 Å². The quantitative estimate of drug-likeness (QED) is 0.576. The number of hydrogen-bond donors (Lipinski definition) is 1. The second kappa shape index (κ2) is 5.96. The molecule has 0 aliphatic rings. The van der Waals surface area contributed by atoms with Crippen LogP contribution in [0.1, 0.15) is 47.5 Å². The molecule has 2 N–H and O–H groups in total. The highest BCUT2D eigenvalue weighted by Gasteiger charge is 1.80. The summed E-state index contributed by atoms with van der Waals surface area (Å²) in [6.45, 7) is -4.74. The van der Waals surface area contributed by atoms with Gasteiger partial charge >= 0.3 is 0 Å². The van der Waals surface area contributed by atoms with Gasteiger partial charge in [0.2, 0.25) is 0 Å². The fraction of sp³-hybridized carbons (Fsp3) is 1.00. The van der Waals surface area contributed by atoms with E-state index in [0.29, 0.717) is 0 Å². The Hall–Kier alpha value is -0.0400. The average molecular weight is 114 g/mol. The third-order valence-corrected chi connectivity index (χ3v) is 0.269. The van der Waals surface area contributed by atoms with Crippen molar-refractivity contribution in [3.63, 3.8) is 0 Å². The summed E-state index contributed by atoms with van der Waals surface area (Å²) >= 11 is 0. The summed E-state index contributed by atoms with van der Waals surface area (Å²) in [6.07, 6.45) is -14.1. The minimum atomic E-state index is -3.74. The van der Waals surface area contributed by atoms with E-state index in [1.807, 2.05) is 0 Å². The monoisotopic (exact) mass is 114 g/mol. The van der Waals surface area contributed by atoms with Crippen LogP contribution in [0.5, 0.6) is 0 Å². The third-order valence-electron chi connectivity index (χ3n) is 0.269. The van der Waals surface area contributed by atoms with Crippen molar-refractivity contribution in [1.29, 1.82) is 0 Å². The molecule has 0 aliphatic heterocycles. The van der Waals surface area contributed by atoms with Crippen molar-refractivity contribution in [3.8, 4) is 0 Å². The summed E-state index contributed by atoms with van der Waals surface area (Å²) in [4.78, 5) is 0. The van der Waals surface area contributed by atoms with Gasteiger partial charge in [-0.1, -0.05) is 26.0 Å². The number of nitrogens with two attached hydrogens (primary N) is 1. The minimum Gasteiger partial charge on any atom is -0.330 e. The van der Waals surface area contributed by atoms with E-state index >= 15 is 0 Å². The van der Waals surface area contributed by atoms with Gasteiger partial charge < -0.3 is 5.72 Å². The Balaban J connectivity index is 5.98. The SMILES string of the molecule is [2H]CC([2H])([2H])C([2H])([2H])C([2H])([2H])C([2H])([2H])C([2H])([2H])N([2H])[2H]. The first-order valence-electron chi connectivity index (χ1n) is 8.18. The zero-order valence-corrected chi connectivity index (χ0v) is 3.65. The lowest BCUT2D eigenvalue weighted by Crippen LogP contribution is -1.97. The van der Waals surface area contributed by atoms with E-state index in [2.05, 4.69) is 0 Å². The first kappa shape index (κ1) is 0.688. The highest BCUT2D eigenvalue weighted by Crippen LogP contribution is 1.95. The van der Waals surface area contributed by atoms with Crippen molar-refractivity contribution >= 4 is 0 Å². The average Bonchev–Trinajstić information content (AvgIpc) is 2.27. The summed E-state index contributed by atoms with van der Waals surface area (Å²) in [5, 5.41) is 0. The van der Waals surface area contributed by atoms with Crippen molar-refractivity contribution in [1.82, 2.24) is 0 Å². The predicted molar refractivity (Wildman–Crippen MR) is 33.2 cm³/mol. The molecule has 0 aliphatic carbocycles. The van der Waals surface area contributed by atoms with Gasteiger partial charge in [0, 0.05) is 15.1 Å². The van der Waals surface area contributed by atoms with Gasteiger partial charge in [0.25, 0.3) is 0 Å². The summed E-state index contributed by atoms with van der Waals surface area (Å²) < 4.78 is 94.4. The topological polar surface area (TPSA) is 26.0 Å². The van der Waals surface area contributed by atoms with Gasteiger partial charge in [-0.15, -0.1) is 0 Å². The van der Waals surface area contributed by atoms with Gasteiger partial charge in [-0.25, -0.2) is 0 Å². The molecule has 7 heavy (non-hydrogen) atoms. The van der Waals surface area contributed by atoms with Gasteiger partial charge in [0.1, 0.15) is 2.82 Å². The molecule has 1 heteroatoms. The lowest BCUT2D eigenvalue weighted by molar-refractivity contribution is 0.674. The highest BCUT2D eigenvalue weighted by molar-refractivity contribution is 4.38. The van der Waals surface area contributed by atoms with Crippen LogP contribution in [0.15, 0.2) is 0 Å². The van der Waals surface area contributed by atoms with Crippen LogP contribution in [0.3, 0.4) is 0 Å². The zero-order chi connectivity index (χ0) is 16.8. The lowest BCUT2D eigenvalue weighted by atomic mass is 10.2. The first-order valence-corrected chi connectivity index (χ1v) is 1.58. The second-order valence-electron chi connectivity index (χ2n) is 0.664. The molecule has 0 bridgehead atoms. The molecule has 0 aromatic rings. The van der Waals surface area contributed by atoms with Gasteiger partial charge in [-0.2, -0.15) is 0 Å². The molecule has 0 aromatic carbocycles. The maximum Gasteiger partial charge on any atom is 0.118 e. The smallest absolute Gasteiger partial charge is 0.118 e. The van der Waals surface area contributed by atoms with Gasteiger partial charge in [0.15, 0.2) is 0 Å². The normalized spacial score (nSPS) is 47.3. The molecular formula is C6H15N. The van der Waals surface area contributed by atoms with Crippen LogP contribution in [0.25, 0.3) is 0 Å². The molecule has 0 atom stereocenters. The molecule has 0 saturated heterocycles. The van der Waals surface area contributed by atoms with Crippen LogP contribution >= 0.6 is 0 Å². The second-order valence-corrected chi connectivity index (χ2v) is 0.664. The van der Waals surface area contributed by atoms with Crippen molar-refractivity contribution in [2.24, 2.45) is 5.72 Å². The maximum atomic E-state index is 7.50. The van der Waals surface area contributed by atoms with Gasteiger partial charge in [0.05, 0.1) is 0 Å². The van der Waals surface area contributed by atoms with Crippen molar-refractivity contribution in [2.45, 2.75) is 32.4 Å². The molecule has 0 aromatic heterocycles. The van der Waals surface area contributed by atoms with Crippen LogP contribution in [-0.4, -0.2) is 6.50 Å². The molecular weight excluding hydrogens is 86.1 g/mol. The van der Waals surface area contributed by atoms with E-state index in [1.165, 1.54) is 0 Å². The van der Waals surface area contributed by atoms with Crippen LogP contribution in [0.4, 0.5) is 0 Å². The standard InChI is InChI=1S/C6H15N/c1-2-3-4-5-6-7/h2-7H2,1H3/i1D,2D2,3D2,4D2,5D2,6D2/hD2. The molecule has 1 nitrogen and oxygen atoms in total. The van der Waals surface area contributed by atoms with Crippen LogP contribution in [0, 0.1) is 0 Å². The molecule has 0 spiro atoms. The summed E-state index contributed by atoms with van der Waals surface area (Å²) in [6, 6.07) is 0. The van der Waals surface area contributed by atoms with Crippen LogP contribution < -0.4 is 5.72 Å². The summed E-state index contributed by atoms with van der Waals surface area (Å²) in [7, 11) is 0. The molecule has 44 valence electrons. The molecule has 0 unspecified atom stereocenters. The molecule has 0 saturated carbocycles. The largest absolute Gasteiger partial charge is 0.330 e. The van der Waals surface area contributed by atoms with Crippen molar-refractivity contribution in [3.05, 3.63) is 0 Å². The Morgan fingerprint density at radius 3 is 3.43 bits per heavy atom. The van der Waals surface area contributed by atoms with Crippen LogP contribution in [-0.2, 0) is 0 Å². The van der Waals surface area contributed by atoms with E-state index in [-0.39, 0.29) is 0 Å².